The minimum Gasteiger partial charge on any atom is -0.481 e. The summed E-state index contributed by atoms with van der Waals surface area (Å²) in [6.07, 6.45) is -0.855. The van der Waals surface area contributed by atoms with Gasteiger partial charge in [0.1, 0.15) is 11.3 Å². The van der Waals surface area contributed by atoms with Gasteiger partial charge in [0, 0.05) is 24.1 Å². The van der Waals surface area contributed by atoms with Crippen LogP contribution in [0.15, 0.2) is 63.8 Å². The van der Waals surface area contributed by atoms with Gasteiger partial charge < -0.3 is 19.6 Å². The molecule has 0 aliphatic rings. The second-order valence-electron chi connectivity index (χ2n) is 6.53. The van der Waals surface area contributed by atoms with Crippen molar-refractivity contribution < 1.29 is 19.1 Å². The molecule has 6 heteroatoms. The molecule has 1 aromatic heterocycles. The lowest BCUT2D eigenvalue weighted by Gasteiger charge is -2.17. The number of carbonyl (C=O) groups is 1. The van der Waals surface area contributed by atoms with Crippen LogP contribution in [0, 0.1) is 0 Å². The van der Waals surface area contributed by atoms with Gasteiger partial charge in [-0.15, -0.1) is 0 Å². The first kappa shape index (κ1) is 19.6. The standard InChI is InChI=1S/C22H23NO5/c1-3-15-11-21(25)28-20-12-17(9-10-18(15)20)27-14(2)22(26)23-13-19(24)16-7-5-4-6-8-16/h4-12,14,19,24H,3,13H2,1-2H3,(H,23,26)/t14-,19+/m1/s1. The van der Waals surface area contributed by atoms with Crippen molar-refractivity contribution in [3.8, 4) is 5.75 Å². The number of hydrogen-bond acceptors (Lipinski definition) is 5. The number of fused-ring (bicyclic) bond motifs is 1. The summed E-state index contributed by atoms with van der Waals surface area (Å²) in [5, 5.41) is 13.7. The summed E-state index contributed by atoms with van der Waals surface area (Å²) in [6, 6.07) is 15.8. The molecule has 0 saturated heterocycles. The van der Waals surface area contributed by atoms with Gasteiger partial charge in [-0.1, -0.05) is 37.3 Å². The van der Waals surface area contributed by atoms with Crippen molar-refractivity contribution in [3.05, 3.63) is 76.1 Å². The summed E-state index contributed by atoms with van der Waals surface area (Å²) in [5.41, 5.74) is 1.64. The number of aliphatic hydroxyl groups is 1. The number of ether oxygens (including phenoxy) is 1. The van der Waals surface area contributed by atoms with E-state index in [0.29, 0.717) is 17.8 Å². The Morgan fingerprint density at radius 3 is 2.64 bits per heavy atom. The van der Waals surface area contributed by atoms with Crippen LogP contribution in [0.1, 0.15) is 31.1 Å². The van der Waals surface area contributed by atoms with E-state index in [2.05, 4.69) is 5.32 Å². The predicted octanol–water partition coefficient (Wildman–Crippen LogP) is 2.97. The molecular weight excluding hydrogens is 358 g/mol. The Labute approximate surface area is 162 Å². The molecule has 146 valence electrons. The summed E-state index contributed by atoms with van der Waals surface area (Å²) < 4.78 is 10.9. The van der Waals surface area contributed by atoms with Crippen molar-refractivity contribution in [2.75, 3.05) is 6.54 Å². The zero-order valence-electron chi connectivity index (χ0n) is 15.8. The first-order valence-electron chi connectivity index (χ1n) is 9.22. The number of rotatable bonds is 7. The number of amides is 1. The van der Waals surface area contributed by atoms with Gasteiger partial charge in [0.15, 0.2) is 6.10 Å². The average Bonchev–Trinajstić information content (AvgIpc) is 2.71. The molecule has 0 unspecified atom stereocenters. The van der Waals surface area contributed by atoms with Gasteiger partial charge in [0.05, 0.1) is 6.10 Å². The van der Waals surface area contributed by atoms with Gasteiger partial charge in [-0.3, -0.25) is 4.79 Å². The molecule has 0 saturated carbocycles. The highest BCUT2D eigenvalue weighted by molar-refractivity contribution is 5.83. The van der Waals surface area contributed by atoms with Crippen molar-refractivity contribution in [1.29, 1.82) is 0 Å². The molecule has 2 N–H and O–H groups in total. The lowest BCUT2D eigenvalue weighted by atomic mass is 10.1. The summed E-state index contributed by atoms with van der Waals surface area (Å²) in [6.45, 7) is 3.67. The van der Waals surface area contributed by atoms with Crippen LogP contribution in [0.4, 0.5) is 0 Å². The molecular formula is C22H23NO5. The fourth-order valence-electron chi connectivity index (χ4n) is 2.97. The minimum atomic E-state index is -0.792. The molecule has 0 spiro atoms. The molecule has 1 heterocycles. The lowest BCUT2D eigenvalue weighted by molar-refractivity contribution is -0.127. The summed E-state index contributed by atoms with van der Waals surface area (Å²) in [4.78, 5) is 24.0. The zero-order chi connectivity index (χ0) is 20.1. The molecule has 0 bridgehead atoms. The molecule has 3 aromatic rings. The number of carbonyl (C=O) groups excluding carboxylic acids is 1. The van der Waals surface area contributed by atoms with Gasteiger partial charge in [0.25, 0.3) is 5.91 Å². The van der Waals surface area contributed by atoms with Crippen LogP contribution in [0.3, 0.4) is 0 Å². The third-order valence-corrected chi connectivity index (χ3v) is 4.52. The van der Waals surface area contributed by atoms with Crippen molar-refractivity contribution >= 4 is 16.9 Å². The molecule has 1 amide bonds. The van der Waals surface area contributed by atoms with Crippen molar-refractivity contribution in [2.45, 2.75) is 32.5 Å². The van der Waals surface area contributed by atoms with Crippen LogP contribution < -0.4 is 15.7 Å². The van der Waals surface area contributed by atoms with Gasteiger partial charge in [0.2, 0.25) is 0 Å². The van der Waals surface area contributed by atoms with Gasteiger partial charge in [-0.25, -0.2) is 4.79 Å². The van der Waals surface area contributed by atoms with Crippen molar-refractivity contribution in [2.24, 2.45) is 0 Å². The molecule has 0 fully saturated rings. The van der Waals surface area contributed by atoms with Crippen LogP contribution in [0.25, 0.3) is 11.0 Å². The molecule has 0 radical (unpaired) electrons. The number of benzene rings is 2. The monoisotopic (exact) mass is 381 g/mol. The molecule has 28 heavy (non-hydrogen) atoms. The topological polar surface area (TPSA) is 88.8 Å². The summed E-state index contributed by atoms with van der Waals surface area (Å²) >= 11 is 0. The molecule has 3 rings (SSSR count). The molecule has 2 atom stereocenters. The summed E-state index contributed by atoms with van der Waals surface area (Å²) in [5.74, 6) is 0.0778. The summed E-state index contributed by atoms with van der Waals surface area (Å²) in [7, 11) is 0. The fourth-order valence-corrected chi connectivity index (χ4v) is 2.97. The Morgan fingerprint density at radius 1 is 1.18 bits per heavy atom. The van der Waals surface area contributed by atoms with E-state index in [1.807, 2.05) is 31.2 Å². The van der Waals surface area contributed by atoms with Crippen molar-refractivity contribution in [3.63, 3.8) is 0 Å². The zero-order valence-corrected chi connectivity index (χ0v) is 15.8. The first-order valence-corrected chi connectivity index (χ1v) is 9.22. The van der Waals surface area contributed by atoms with E-state index in [9.17, 15) is 14.7 Å². The molecule has 0 aliphatic carbocycles. The Balaban J connectivity index is 1.64. The van der Waals surface area contributed by atoms with Gasteiger partial charge >= 0.3 is 5.63 Å². The van der Waals surface area contributed by atoms with Crippen LogP contribution in [0.2, 0.25) is 0 Å². The Kier molecular flexibility index (Phi) is 6.11. The maximum Gasteiger partial charge on any atom is 0.336 e. The first-order chi connectivity index (χ1) is 13.5. The Morgan fingerprint density at radius 2 is 1.93 bits per heavy atom. The predicted molar refractivity (Wildman–Crippen MR) is 106 cm³/mol. The van der Waals surface area contributed by atoms with E-state index >= 15 is 0 Å². The Bertz CT molecular complexity index is 1010. The second-order valence-corrected chi connectivity index (χ2v) is 6.53. The number of aryl methyl sites for hydroxylation is 1. The molecule has 2 aromatic carbocycles. The third kappa shape index (κ3) is 4.58. The lowest BCUT2D eigenvalue weighted by Crippen LogP contribution is -2.38. The minimum absolute atomic E-state index is 0.0863. The van der Waals surface area contributed by atoms with E-state index in [1.54, 1.807) is 31.2 Å². The van der Waals surface area contributed by atoms with Crippen LogP contribution in [-0.4, -0.2) is 23.7 Å². The number of hydrogen-bond donors (Lipinski definition) is 2. The van der Waals surface area contributed by atoms with E-state index in [-0.39, 0.29) is 12.5 Å². The van der Waals surface area contributed by atoms with E-state index < -0.39 is 17.8 Å². The molecule has 6 nitrogen and oxygen atoms in total. The average molecular weight is 381 g/mol. The van der Waals surface area contributed by atoms with E-state index in [0.717, 1.165) is 16.5 Å². The SMILES string of the molecule is CCc1cc(=O)oc2cc(O[C@H](C)C(=O)NC[C@H](O)c3ccccc3)ccc12. The van der Waals surface area contributed by atoms with Crippen LogP contribution >= 0.6 is 0 Å². The third-order valence-electron chi connectivity index (χ3n) is 4.52. The highest BCUT2D eigenvalue weighted by Gasteiger charge is 2.17. The van der Waals surface area contributed by atoms with Crippen molar-refractivity contribution in [1.82, 2.24) is 5.32 Å². The van der Waals surface area contributed by atoms with Crippen LogP contribution in [0.5, 0.6) is 5.75 Å². The fraction of sp³-hybridized carbons (Fsp3) is 0.273. The highest BCUT2D eigenvalue weighted by atomic mass is 16.5. The van der Waals surface area contributed by atoms with Crippen LogP contribution in [-0.2, 0) is 11.2 Å². The Hall–Kier alpha value is -3.12. The second kappa shape index (κ2) is 8.71. The normalized spacial score (nSPS) is 13.1. The highest BCUT2D eigenvalue weighted by Crippen LogP contribution is 2.23. The van der Waals surface area contributed by atoms with E-state index in [1.165, 1.54) is 6.07 Å². The smallest absolute Gasteiger partial charge is 0.336 e. The number of nitrogens with one attached hydrogen (secondary N) is 1. The maximum atomic E-state index is 12.3. The maximum absolute atomic E-state index is 12.3. The molecule has 0 aliphatic heterocycles. The number of aliphatic hydroxyl groups excluding tert-OH is 1. The quantitative estimate of drug-likeness (QED) is 0.614. The van der Waals surface area contributed by atoms with Gasteiger partial charge in [-0.2, -0.15) is 0 Å². The van der Waals surface area contributed by atoms with E-state index in [4.69, 9.17) is 9.15 Å². The largest absolute Gasteiger partial charge is 0.481 e. The van der Waals surface area contributed by atoms with Gasteiger partial charge in [-0.05, 0) is 36.6 Å².